The van der Waals surface area contributed by atoms with Crippen LogP contribution in [0.2, 0.25) is 36.3 Å². The van der Waals surface area contributed by atoms with Gasteiger partial charge in [-0.3, -0.25) is 10.1 Å². The van der Waals surface area contributed by atoms with Gasteiger partial charge in [0.05, 0.1) is 11.5 Å². The number of unbranched alkanes of at least 4 members (excludes halogenated alkanes) is 2. The fraction of sp³-hybridized carbons (Fsp3) is 0.741. The number of hydrogen-bond donors (Lipinski definition) is 1. The Labute approximate surface area is 231 Å². The van der Waals surface area contributed by atoms with Crippen molar-refractivity contribution in [1.82, 2.24) is 0 Å². The monoisotopic (exact) mass is 573 g/mol. The van der Waals surface area contributed by atoms with Gasteiger partial charge in [0.1, 0.15) is 5.75 Å². The van der Waals surface area contributed by atoms with E-state index in [-0.39, 0.29) is 29.7 Å². The Kier molecular flexibility index (Phi) is 15.6. The molecule has 0 aromatic heterocycles. The van der Waals surface area contributed by atoms with E-state index < -0.39 is 27.7 Å². The van der Waals surface area contributed by atoms with Crippen LogP contribution in [-0.2, 0) is 13.6 Å². The molecule has 0 saturated carbocycles. The summed E-state index contributed by atoms with van der Waals surface area (Å²) in [6.07, 6.45) is 2.50. The molecule has 1 aromatic carbocycles. The molecule has 11 heteroatoms. The molecule has 1 N–H and O–H groups in total. The quantitative estimate of drug-likeness (QED) is 0.0637. The summed E-state index contributed by atoms with van der Waals surface area (Å²) < 4.78 is 21.9. The third-order valence-electron chi connectivity index (χ3n) is 7.10. The van der Waals surface area contributed by atoms with Crippen LogP contribution in [0, 0.1) is 10.1 Å². The Morgan fingerprint density at radius 2 is 1.24 bits per heavy atom. The highest BCUT2D eigenvalue weighted by Crippen LogP contribution is 2.37. The van der Waals surface area contributed by atoms with Gasteiger partial charge in [-0.15, -0.1) is 0 Å². The molecule has 0 bridgehead atoms. The number of ether oxygens (including phenoxy) is 2. The summed E-state index contributed by atoms with van der Waals surface area (Å²) in [5, 5.41) is 19.6. The average Bonchev–Trinajstić information content (AvgIpc) is 2.78. The molecule has 0 amide bonds. The lowest BCUT2D eigenvalue weighted by atomic mass is 10.2. The van der Waals surface area contributed by atoms with E-state index >= 15 is 0 Å². The van der Waals surface area contributed by atoms with Crippen molar-refractivity contribution in [3.63, 3.8) is 0 Å². The number of rotatable bonds is 13. The van der Waals surface area contributed by atoms with Crippen molar-refractivity contribution >= 4 is 28.5 Å². The van der Waals surface area contributed by atoms with E-state index in [1.165, 1.54) is 24.3 Å². The Morgan fingerprint density at radius 1 is 0.816 bits per heavy atom. The van der Waals surface area contributed by atoms with Gasteiger partial charge >= 0.3 is 6.16 Å². The van der Waals surface area contributed by atoms with Crippen LogP contribution in [0.1, 0.15) is 67.2 Å². The van der Waals surface area contributed by atoms with Crippen LogP contribution in [0.5, 0.6) is 5.75 Å². The number of carbonyl (C=O) groups excluding carboxylic acids is 1. The number of aliphatic hydroxyl groups is 1. The number of non-ortho nitro benzene ring substituents is 1. The Morgan fingerprint density at radius 3 is 1.63 bits per heavy atom. The SMILES string of the molecule is CC(C)(C)[Si](C)(C)OCCCCO.CC(C)(C)[Si](C)(C)OCCCCOC(=O)Oc1ccc([N+](=O)[O-])cc1. The van der Waals surface area contributed by atoms with Crippen molar-refractivity contribution in [3.8, 4) is 5.75 Å². The van der Waals surface area contributed by atoms with E-state index in [0.717, 1.165) is 25.9 Å². The van der Waals surface area contributed by atoms with Crippen molar-refractivity contribution in [2.45, 2.75) is 103 Å². The normalized spacial score (nSPS) is 12.4. The summed E-state index contributed by atoms with van der Waals surface area (Å²) in [7, 11) is -3.27. The molecule has 1 aromatic rings. The molecule has 0 fully saturated rings. The van der Waals surface area contributed by atoms with Crippen molar-refractivity contribution in [2.24, 2.45) is 0 Å². The van der Waals surface area contributed by atoms with Gasteiger partial charge < -0.3 is 23.4 Å². The number of nitrogens with zero attached hydrogens (tertiary/aromatic N) is 1. The Bertz CT molecular complexity index is 831. The second kappa shape index (κ2) is 16.3. The Hall–Kier alpha value is -1.80. The first-order valence-corrected chi connectivity index (χ1v) is 19.1. The molecule has 1 rings (SSSR count). The topological polar surface area (TPSA) is 117 Å². The van der Waals surface area contributed by atoms with Crippen LogP contribution in [0.15, 0.2) is 24.3 Å². The summed E-state index contributed by atoms with van der Waals surface area (Å²) in [6, 6.07) is 5.24. The second-order valence-electron chi connectivity index (χ2n) is 12.3. The van der Waals surface area contributed by atoms with E-state index in [9.17, 15) is 14.9 Å². The van der Waals surface area contributed by atoms with E-state index in [4.69, 9.17) is 23.4 Å². The van der Waals surface area contributed by atoms with Crippen LogP contribution < -0.4 is 4.74 Å². The third kappa shape index (κ3) is 14.4. The van der Waals surface area contributed by atoms with Crippen LogP contribution in [0.3, 0.4) is 0 Å². The van der Waals surface area contributed by atoms with Crippen molar-refractivity contribution in [3.05, 3.63) is 34.4 Å². The molecule has 0 saturated heterocycles. The van der Waals surface area contributed by atoms with Crippen LogP contribution in [0.4, 0.5) is 10.5 Å². The molecule has 0 aliphatic heterocycles. The van der Waals surface area contributed by atoms with E-state index in [1.54, 1.807) is 0 Å². The molecule has 0 spiro atoms. The summed E-state index contributed by atoms with van der Waals surface area (Å²) in [4.78, 5) is 21.6. The fourth-order valence-electron chi connectivity index (χ4n) is 2.42. The van der Waals surface area contributed by atoms with E-state index in [2.05, 4.69) is 67.7 Å². The van der Waals surface area contributed by atoms with Crippen molar-refractivity contribution in [1.29, 1.82) is 0 Å². The zero-order valence-corrected chi connectivity index (χ0v) is 27.2. The van der Waals surface area contributed by atoms with Gasteiger partial charge in [-0.1, -0.05) is 41.5 Å². The highest BCUT2D eigenvalue weighted by molar-refractivity contribution is 6.74. The number of nitro groups is 1. The molecule has 0 aliphatic carbocycles. The average molecular weight is 574 g/mol. The lowest BCUT2D eigenvalue weighted by molar-refractivity contribution is -0.384. The van der Waals surface area contributed by atoms with Crippen molar-refractivity contribution in [2.75, 3.05) is 26.4 Å². The van der Waals surface area contributed by atoms with E-state index in [1.807, 2.05) is 0 Å². The third-order valence-corrected chi connectivity index (χ3v) is 16.2. The van der Waals surface area contributed by atoms with Gasteiger partial charge in [0, 0.05) is 32.0 Å². The van der Waals surface area contributed by atoms with Gasteiger partial charge in [0.15, 0.2) is 16.6 Å². The van der Waals surface area contributed by atoms with Crippen LogP contribution in [-0.4, -0.2) is 59.2 Å². The summed E-state index contributed by atoms with van der Waals surface area (Å²) in [5.41, 5.74) is -0.0672. The predicted octanol–water partition coefficient (Wildman–Crippen LogP) is 7.69. The maximum Gasteiger partial charge on any atom is 0.513 e. The summed E-state index contributed by atoms with van der Waals surface area (Å²) in [6.45, 7) is 24.2. The summed E-state index contributed by atoms with van der Waals surface area (Å²) in [5.74, 6) is 0.205. The minimum atomic E-state index is -1.73. The zero-order valence-electron chi connectivity index (χ0n) is 25.2. The molecule has 9 nitrogen and oxygen atoms in total. The standard InChI is InChI=1S/C17H27NO6Si.C10H24O2Si/c1-17(2,3)25(4,5)23-13-7-6-12-22-16(19)24-15-10-8-14(9-11-15)18(20)21;1-10(2,3)13(4,5)12-9-7-6-8-11/h8-11H,6-7,12-13H2,1-5H3;11H,6-9H2,1-5H3. The molecular formula is C27H51NO8Si2. The number of carbonyl (C=O) groups is 1. The summed E-state index contributed by atoms with van der Waals surface area (Å²) >= 11 is 0. The number of aliphatic hydroxyl groups excluding tert-OH is 1. The molecule has 220 valence electrons. The molecule has 0 radical (unpaired) electrons. The number of hydrogen-bond acceptors (Lipinski definition) is 8. The first-order chi connectivity index (χ1) is 17.3. The maximum absolute atomic E-state index is 11.6. The smallest absolute Gasteiger partial charge is 0.434 e. The molecule has 0 aliphatic rings. The predicted molar refractivity (Wildman–Crippen MR) is 157 cm³/mol. The van der Waals surface area contributed by atoms with Gasteiger partial charge in [-0.2, -0.15) is 0 Å². The minimum absolute atomic E-state index is 0.0672. The lowest BCUT2D eigenvalue weighted by Crippen LogP contribution is -2.41. The molecule has 0 unspecified atom stereocenters. The maximum atomic E-state index is 11.6. The van der Waals surface area contributed by atoms with Crippen LogP contribution >= 0.6 is 0 Å². The van der Waals surface area contributed by atoms with Gasteiger partial charge in [-0.25, -0.2) is 4.79 Å². The lowest BCUT2D eigenvalue weighted by Gasteiger charge is -2.36. The first kappa shape index (κ1) is 36.2. The highest BCUT2D eigenvalue weighted by Gasteiger charge is 2.37. The molecule has 0 heterocycles. The molecular weight excluding hydrogens is 522 g/mol. The largest absolute Gasteiger partial charge is 0.513 e. The Balaban J connectivity index is 0.000000889. The molecule has 0 atom stereocenters. The second-order valence-corrected chi connectivity index (χ2v) is 21.9. The van der Waals surface area contributed by atoms with E-state index in [0.29, 0.717) is 18.1 Å². The number of benzene rings is 1. The van der Waals surface area contributed by atoms with Gasteiger partial charge in [0.2, 0.25) is 0 Å². The highest BCUT2D eigenvalue weighted by atomic mass is 28.4. The van der Waals surface area contributed by atoms with Crippen LogP contribution in [0.25, 0.3) is 0 Å². The van der Waals surface area contributed by atoms with Gasteiger partial charge in [0.25, 0.3) is 5.69 Å². The molecule has 38 heavy (non-hydrogen) atoms. The minimum Gasteiger partial charge on any atom is -0.434 e. The van der Waals surface area contributed by atoms with Crippen molar-refractivity contribution < 1.29 is 33.2 Å². The zero-order chi connectivity index (χ0) is 29.6. The first-order valence-electron chi connectivity index (χ1n) is 13.3. The number of nitro benzene ring substituents is 1. The van der Waals surface area contributed by atoms with Gasteiger partial charge in [-0.05, 0) is 74.1 Å². The fourth-order valence-corrected chi connectivity index (χ4v) is 4.60.